The lowest BCUT2D eigenvalue weighted by atomic mass is 9.92. The van der Waals surface area contributed by atoms with Crippen molar-refractivity contribution in [2.75, 3.05) is 18.4 Å². The van der Waals surface area contributed by atoms with E-state index in [0.29, 0.717) is 31.6 Å². The van der Waals surface area contributed by atoms with E-state index in [9.17, 15) is 4.79 Å². The van der Waals surface area contributed by atoms with Gasteiger partial charge in [0.15, 0.2) is 5.65 Å². The molecular weight excluding hydrogens is 540 g/mol. The van der Waals surface area contributed by atoms with Crippen LogP contribution in [-0.4, -0.2) is 60.1 Å². The molecule has 0 spiro atoms. The summed E-state index contributed by atoms with van der Waals surface area (Å²) in [7, 11) is 0. The Morgan fingerprint density at radius 2 is 2.09 bits per heavy atom. The molecule has 4 aromatic rings. The van der Waals surface area contributed by atoms with Crippen molar-refractivity contribution in [1.82, 2.24) is 34.8 Å². The Labute approximate surface area is 252 Å². The minimum absolute atomic E-state index is 0.00232. The van der Waals surface area contributed by atoms with E-state index in [4.69, 9.17) is 19.7 Å². The topological polar surface area (TPSA) is 110 Å². The first-order valence-corrected chi connectivity index (χ1v) is 15.1. The molecule has 6 rings (SSSR count). The largest absolute Gasteiger partial charge is 0.459 e. The number of carbonyl (C=O) groups excluding carboxylic acids is 1. The Morgan fingerprint density at radius 3 is 2.86 bits per heavy atom. The average Bonchev–Trinajstić information content (AvgIpc) is 3.45. The highest BCUT2D eigenvalue weighted by Gasteiger charge is 2.28. The number of pyridine rings is 1. The summed E-state index contributed by atoms with van der Waals surface area (Å²) in [6.45, 7) is 14.8. The smallest absolute Gasteiger partial charge is 0.322 e. The van der Waals surface area contributed by atoms with Crippen molar-refractivity contribution >= 4 is 17.5 Å². The summed E-state index contributed by atoms with van der Waals surface area (Å²) >= 11 is 0. The molecule has 3 aromatic heterocycles. The summed E-state index contributed by atoms with van der Waals surface area (Å²) in [6, 6.07) is 10.6. The van der Waals surface area contributed by atoms with Gasteiger partial charge in [-0.15, -0.1) is 0 Å². The summed E-state index contributed by atoms with van der Waals surface area (Å²) in [4.78, 5) is 28.5. The summed E-state index contributed by atoms with van der Waals surface area (Å²) in [6.07, 6.45) is 7.78. The number of rotatable bonds is 8. The van der Waals surface area contributed by atoms with Crippen molar-refractivity contribution in [2.45, 2.75) is 77.6 Å². The Morgan fingerprint density at radius 1 is 1.26 bits per heavy atom. The van der Waals surface area contributed by atoms with Gasteiger partial charge in [-0.05, 0) is 67.9 Å². The molecule has 1 atom stereocenters. The molecule has 1 unspecified atom stereocenters. The molecule has 0 aliphatic carbocycles. The number of hydrogen-bond acceptors (Lipinski definition) is 8. The quantitative estimate of drug-likeness (QED) is 0.283. The molecule has 2 aliphatic heterocycles. The molecule has 0 radical (unpaired) electrons. The molecule has 2 N–H and O–H groups in total. The number of nitrogens with zero attached hydrogens (tertiary/aromatic N) is 6. The maximum atomic E-state index is 12.3. The van der Waals surface area contributed by atoms with Crippen LogP contribution in [-0.2, 0) is 24.3 Å². The molecule has 0 saturated carbocycles. The van der Waals surface area contributed by atoms with Crippen LogP contribution in [0, 0.1) is 0 Å². The lowest BCUT2D eigenvalue weighted by molar-refractivity contribution is -0.126. The van der Waals surface area contributed by atoms with Gasteiger partial charge in [0.05, 0.1) is 11.9 Å². The zero-order chi connectivity index (χ0) is 30.1. The highest BCUT2D eigenvalue weighted by molar-refractivity contribution is 5.87. The van der Waals surface area contributed by atoms with Crippen molar-refractivity contribution in [1.29, 1.82) is 0 Å². The molecule has 5 heterocycles. The van der Waals surface area contributed by atoms with Crippen LogP contribution in [0.2, 0.25) is 0 Å². The van der Waals surface area contributed by atoms with Gasteiger partial charge in [-0.1, -0.05) is 44.7 Å². The Balaban J connectivity index is 1.29. The van der Waals surface area contributed by atoms with Gasteiger partial charge in [-0.2, -0.15) is 19.6 Å². The average molecular weight is 581 g/mol. The predicted octanol–water partition coefficient (Wildman–Crippen LogP) is 4.90. The fraction of sp³-hybridized carbons (Fsp3) is 0.424. The second kappa shape index (κ2) is 11.8. The fourth-order valence-electron chi connectivity index (χ4n) is 5.92. The highest BCUT2D eigenvalue weighted by atomic mass is 16.5. The third-order valence-corrected chi connectivity index (χ3v) is 8.51. The minimum Gasteiger partial charge on any atom is -0.459 e. The first kappa shape index (κ1) is 28.8. The van der Waals surface area contributed by atoms with Crippen molar-refractivity contribution in [3.63, 3.8) is 0 Å². The van der Waals surface area contributed by atoms with Crippen LogP contribution < -0.4 is 15.4 Å². The van der Waals surface area contributed by atoms with Crippen LogP contribution in [0.5, 0.6) is 6.01 Å². The number of hydrogen-bond donors (Lipinski definition) is 2. The molecule has 2 aliphatic rings. The molecule has 1 fully saturated rings. The van der Waals surface area contributed by atoms with E-state index < -0.39 is 0 Å². The number of carbonyl (C=O) groups is 1. The SMILES string of the molecule is C=CC(=O)N1CCc2c(ccnc2-c2ccccc2CNc2nc(OC3CCC(C)(C)NC3)nc3c(C(C)C)cnn23)C1. The van der Waals surface area contributed by atoms with Gasteiger partial charge < -0.3 is 20.3 Å². The molecule has 10 heteroatoms. The summed E-state index contributed by atoms with van der Waals surface area (Å²) < 4.78 is 8.10. The zero-order valence-electron chi connectivity index (χ0n) is 25.4. The van der Waals surface area contributed by atoms with Gasteiger partial charge >= 0.3 is 6.01 Å². The molecule has 224 valence electrons. The van der Waals surface area contributed by atoms with E-state index in [2.05, 4.69) is 62.1 Å². The number of piperidine rings is 1. The van der Waals surface area contributed by atoms with Crippen LogP contribution in [0.3, 0.4) is 0 Å². The van der Waals surface area contributed by atoms with Crippen molar-refractivity contribution < 1.29 is 9.53 Å². The first-order valence-electron chi connectivity index (χ1n) is 15.1. The molecule has 1 aromatic carbocycles. The highest BCUT2D eigenvalue weighted by Crippen LogP contribution is 2.32. The number of aromatic nitrogens is 5. The van der Waals surface area contributed by atoms with Gasteiger partial charge in [0, 0.05) is 49.0 Å². The Bertz CT molecular complexity index is 1650. The van der Waals surface area contributed by atoms with Crippen molar-refractivity contribution in [3.8, 4) is 17.3 Å². The number of nitrogens with one attached hydrogen (secondary N) is 2. The van der Waals surface area contributed by atoms with E-state index in [-0.39, 0.29) is 23.5 Å². The number of amides is 1. The Kier molecular flexibility index (Phi) is 7.87. The molecule has 10 nitrogen and oxygen atoms in total. The number of fused-ring (bicyclic) bond motifs is 2. The monoisotopic (exact) mass is 580 g/mol. The predicted molar refractivity (Wildman–Crippen MR) is 167 cm³/mol. The normalized spacial score (nSPS) is 18.0. The van der Waals surface area contributed by atoms with Crippen LogP contribution in [0.25, 0.3) is 16.9 Å². The second-order valence-electron chi connectivity index (χ2n) is 12.4. The van der Waals surface area contributed by atoms with Crippen LogP contribution in [0.15, 0.2) is 55.4 Å². The lowest BCUT2D eigenvalue weighted by Crippen LogP contribution is -2.50. The minimum atomic E-state index is -0.0454. The van der Waals surface area contributed by atoms with Crippen LogP contribution in [0.4, 0.5) is 5.95 Å². The summed E-state index contributed by atoms with van der Waals surface area (Å²) in [5, 5.41) is 11.7. The van der Waals surface area contributed by atoms with Gasteiger partial charge in [0.2, 0.25) is 11.9 Å². The van der Waals surface area contributed by atoms with E-state index in [1.165, 1.54) is 11.6 Å². The van der Waals surface area contributed by atoms with Gasteiger partial charge in [0.1, 0.15) is 6.10 Å². The zero-order valence-corrected chi connectivity index (χ0v) is 25.4. The number of ether oxygens (including phenoxy) is 1. The van der Waals surface area contributed by atoms with Gasteiger partial charge in [0.25, 0.3) is 0 Å². The van der Waals surface area contributed by atoms with Crippen LogP contribution >= 0.6 is 0 Å². The van der Waals surface area contributed by atoms with Gasteiger partial charge in [-0.3, -0.25) is 9.78 Å². The number of anilines is 1. The standard InChI is InChI=1S/C33H40N8O2/c1-6-28(42)40-16-13-26-23(20-40)12-15-34-29(26)25-10-8-7-9-22(25)17-35-31-39-32(43-24-11-14-33(4,5)36-18-24)38-30-27(21(2)3)19-37-41(30)31/h6-10,12,15,19,21,24,36H,1,11,13-14,16-18,20H2,2-5H3,(H,35,38,39). The molecule has 0 bridgehead atoms. The second-order valence-corrected chi connectivity index (χ2v) is 12.4. The van der Waals surface area contributed by atoms with Gasteiger partial charge in [-0.25, -0.2) is 0 Å². The maximum Gasteiger partial charge on any atom is 0.322 e. The summed E-state index contributed by atoms with van der Waals surface area (Å²) in [5.41, 5.74) is 7.28. The van der Waals surface area contributed by atoms with Crippen molar-refractivity contribution in [3.05, 3.63) is 77.6 Å². The van der Waals surface area contributed by atoms with Crippen molar-refractivity contribution in [2.24, 2.45) is 0 Å². The number of benzene rings is 1. The van der Waals surface area contributed by atoms with E-state index in [1.807, 2.05) is 35.5 Å². The molecule has 43 heavy (non-hydrogen) atoms. The van der Waals surface area contributed by atoms with E-state index in [0.717, 1.165) is 59.4 Å². The maximum absolute atomic E-state index is 12.3. The third kappa shape index (κ3) is 5.97. The third-order valence-electron chi connectivity index (χ3n) is 8.51. The summed E-state index contributed by atoms with van der Waals surface area (Å²) in [5.74, 6) is 0.780. The Hall–Kier alpha value is -4.31. The van der Waals surface area contributed by atoms with Crippen LogP contribution in [0.1, 0.15) is 68.7 Å². The molecule has 1 saturated heterocycles. The molecule has 1 amide bonds. The molecular formula is C33H40N8O2. The van der Waals surface area contributed by atoms with E-state index >= 15 is 0 Å². The lowest BCUT2D eigenvalue weighted by Gasteiger charge is -2.35. The fourth-order valence-corrected chi connectivity index (χ4v) is 5.92. The van der Waals surface area contributed by atoms with E-state index in [1.54, 1.807) is 4.52 Å². The first-order chi connectivity index (χ1) is 20.7.